The summed E-state index contributed by atoms with van der Waals surface area (Å²) in [5.41, 5.74) is 6.07. The Labute approximate surface area is 102 Å². The van der Waals surface area contributed by atoms with E-state index in [2.05, 4.69) is 17.0 Å². The third-order valence-corrected chi connectivity index (χ3v) is 3.92. The van der Waals surface area contributed by atoms with Crippen molar-refractivity contribution in [2.24, 2.45) is 5.73 Å². The third-order valence-electron chi connectivity index (χ3n) is 3.92. The third kappa shape index (κ3) is 2.09. The number of aromatic nitrogens is 3. The summed E-state index contributed by atoms with van der Waals surface area (Å²) >= 11 is 0. The fraction of sp³-hybridized carbons (Fsp3) is 0.833. The predicted octanol–water partition coefficient (Wildman–Crippen LogP) is 0.881. The highest BCUT2D eigenvalue weighted by Gasteiger charge is 2.26. The van der Waals surface area contributed by atoms with Gasteiger partial charge in [-0.15, -0.1) is 0 Å². The molecule has 17 heavy (non-hydrogen) atoms. The van der Waals surface area contributed by atoms with E-state index < -0.39 is 0 Å². The van der Waals surface area contributed by atoms with Crippen LogP contribution in [0.25, 0.3) is 0 Å². The van der Waals surface area contributed by atoms with Crippen molar-refractivity contribution < 1.29 is 0 Å². The van der Waals surface area contributed by atoms with Gasteiger partial charge in [0.25, 0.3) is 0 Å². The van der Waals surface area contributed by atoms with Gasteiger partial charge in [0.2, 0.25) is 0 Å². The van der Waals surface area contributed by atoms with E-state index in [0.29, 0.717) is 5.92 Å². The van der Waals surface area contributed by atoms with Crippen LogP contribution in [0.3, 0.4) is 0 Å². The molecule has 1 saturated heterocycles. The maximum Gasteiger partial charge on any atom is 0.155 e. The maximum absolute atomic E-state index is 6.07. The summed E-state index contributed by atoms with van der Waals surface area (Å²) in [5.74, 6) is 2.61. The van der Waals surface area contributed by atoms with Gasteiger partial charge >= 0.3 is 0 Å². The van der Waals surface area contributed by atoms with Gasteiger partial charge in [-0.1, -0.05) is 0 Å². The van der Waals surface area contributed by atoms with Crippen LogP contribution in [-0.4, -0.2) is 39.8 Å². The highest BCUT2D eigenvalue weighted by Crippen LogP contribution is 2.26. The number of hydrogen-bond acceptors (Lipinski definition) is 4. The number of hydrogen-bond donors (Lipinski definition) is 1. The van der Waals surface area contributed by atoms with Crippen LogP contribution in [-0.2, 0) is 6.42 Å². The molecule has 0 bridgehead atoms. The van der Waals surface area contributed by atoms with E-state index in [1.54, 1.807) is 0 Å². The molecule has 3 heterocycles. The Morgan fingerprint density at radius 2 is 2.18 bits per heavy atom. The molecule has 2 atom stereocenters. The Kier molecular flexibility index (Phi) is 2.88. The largest absolute Gasteiger partial charge is 0.310 e. The number of nitrogens with two attached hydrogens (primary N) is 1. The smallest absolute Gasteiger partial charge is 0.155 e. The number of likely N-dealkylation sites (N-methyl/N-ethyl adjacent to an activating group) is 1. The topological polar surface area (TPSA) is 60.0 Å². The Hall–Kier alpha value is -0.940. The van der Waals surface area contributed by atoms with E-state index >= 15 is 0 Å². The minimum atomic E-state index is 0.0429. The standard InChI is InChI=1S/C12H21N5/c1-16-7-3-4-9(8-16)12-14-11-6-2-5-10(13)17(11)15-12/h9-10H,2-8,13H2,1H3. The first-order valence-corrected chi connectivity index (χ1v) is 6.63. The van der Waals surface area contributed by atoms with Crippen molar-refractivity contribution >= 4 is 0 Å². The Morgan fingerprint density at radius 3 is 2.94 bits per heavy atom. The van der Waals surface area contributed by atoms with Gasteiger partial charge in [0.05, 0.1) is 0 Å². The second kappa shape index (κ2) is 4.38. The lowest BCUT2D eigenvalue weighted by atomic mass is 9.98. The normalized spacial score (nSPS) is 30.2. The van der Waals surface area contributed by atoms with E-state index in [-0.39, 0.29) is 6.17 Å². The van der Waals surface area contributed by atoms with Gasteiger partial charge in [0.1, 0.15) is 12.0 Å². The summed E-state index contributed by atoms with van der Waals surface area (Å²) in [5, 5.41) is 4.64. The van der Waals surface area contributed by atoms with Crippen LogP contribution in [0.15, 0.2) is 0 Å². The molecule has 0 radical (unpaired) electrons. The molecule has 1 aromatic rings. The minimum absolute atomic E-state index is 0.0429. The quantitative estimate of drug-likeness (QED) is 0.785. The lowest BCUT2D eigenvalue weighted by Gasteiger charge is -2.27. The monoisotopic (exact) mass is 235 g/mol. The number of nitrogens with zero attached hydrogens (tertiary/aromatic N) is 4. The lowest BCUT2D eigenvalue weighted by Crippen LogP contribution is -2.31. The average Bonchev–Trinajstić information content (AvgIpc) is 2.74. The molecule has 0 aromatic carbocycles. The zero-order valence-corrected chi connectivity index (χ0v) is 10.5. The first kappa shape index (κ1) is 11.2. The molecule has 2 N–H and O–H groups in total. The van der Waals surface area contributed by atoms with E-state index in [1.165, 1.54) is 19.4 Å². The molecular weight excluding hydrogens is 214 g/mol. The zero-order chi connectivity index (χ0) is 11.8. The van der Waals surface area contributed by atoms with Crippen molar-refractivity contribution in [2.45, 2.75) is 44.2 Å². The van der Waals surface area contributed by atoms with Crippen molar-refractivity contribution in [3.05, 3.63) is 11.6 Å². The van der Waals surface area contributed by atoms with Crippen molar-refractivity contribution in [1.82, 2.24) is 19.7 Å². The van der Waals surface area contributed by atoms with Crippen LogP contribution in [0.5, 0.6) is 0 Å². The number of fused-ring (bicyclic) bond motifs is 1. The van der Waals surface area contributed by atoms with Gasteiger partial charge in [0, 0.05) is 18.9 Å². The minimum Gasteiger partial charge on any atom is -0.310 e. The molecule has 5 heteroatoms. The molecule has 1 aromatic heterocycles. The van der Waals surface area contributed by atoms with Gasteiger partial charge < -0.3 is 10.6 Å². The van der Waals surface area contributed by atoms with Crippen molar-refractivity contribution in [3.63, 3.8) is 0 Å². The number of piperidine rings is 1. The molecule has 0 amide bonds. The molecule has 94 valence electrons. The van der Waals surface area contributed by atoms with Crippen LogP contribution in [0.4, 0.5) is 0 Å². The Bertz CT molecular complexity index is 400. The fourth-order valence-corrected chi connectivity index (χ4v) is 2.95. The summed E-state index contributed by atoms with van der Waals surface area (Å²) in [4.78, 5) is 7.07. The van der Waals surface area contributed by atoms with Crippen molar-refractivity contribution in [3.8, 4) is 0 Å². The molecule has 2 aliphatic heterocycles. The SMILES string of the molecule is CN1CCCC(c2nc3n(n2)C(N)CCC3)C1. The van der Waals surface area contributed by atoms with Crippen molar-refractivity contribution in [1.29, 1.82) is 0 Å². The molecule has 1 fully saturated rings. The van der Waals surface area contributed by atoms with Gasteiger partial charge in [-0.05, 0) is 39.3 Å². The molecule has 5 nitrogen and oxygen atoms in total. The molecule has 0 aliphatic carbocycles. The van der Waals surface area contributed by atoms with Gasteiger partial charge in [-0.25, -0.2) is 9.67 Å². The van der Waals surface area contributed by atoms with Gasteiger partial charge in [-0.3, -0.25) is 0 Å². The second-order valence-corrected chi connectivity index (χ2v) is 5.39. The van der Waals surface area contributed by atoms with Crippen LogP contribution >= 0.6 is 0 Å². The second-order valence-electron chi connectivity index (χ2n) is 5.39. The average molecular weight is 235 g/mol. The lowest BCUT2D eigenvalue weighted by molar-refractivity contribution is 0.245. The summed E-state index contributed by atoms with van der Waals surface area (Å²) in [6, 6.07) is 0. The maximum atomic E-state index is 6.07. The predicted molar refractivity (Wildman–Crippen MR) is 65.7 cm³/mol. The summed E-state index contributed by atoms with van der Waals surface area (Å²) in [6.07, 6.45) is 5.70. The summed E-state index contributed by atoms with van der Waals surface area (Å²) in [7, 11) is 2.17. The Balaban J connectivity index is 1.83. The van der Waals surface area contributed by atoms with Gasteiger partial charge in [-0.2, -0.15) is 5.10 Å². The molecule has 0 spiro atoms. The van der Waals surface area contributed by atoms with Crippen LogP contribution in [0, 0.1) is 0 Å². The first-order valence-electron chi connectivity index (χ1n) is 6.63. The fourth-order valence-electron chi connectivity index (χ4n) is 2.95. The zero-order valence-electron chi connectivity index (χ0n) is 10.5. The number of rotatable bonds is 1. The molecule has 0 saturated carbocycles. The van der Waals surface area contributed by atoms with E-state index in [4.69, 9.17) is 10.7 Å². The highest BCUT2D eigenvalue weighted by molar-refractivity contribution is 5.04. The summed E-state index contributed by atoms with van der Waals surface area (Å²) in [6.45, 7) is 2.28. The molecule has 2 unspecified atom stereocenters. The first-order chi connectivity index (χ1) is 8.24. The van der Waals surface area contributed by atoms with E-state index in [9.17, 15) is 0 Å². The van der Waals surface area contributed by atoms with Crippen molar-refractivity contribution in [2.75, 3.05) is 20.1 Å². The van der Waals surface area contributed by atoms with E-state index in [0.717, 1.165) is 37.5 Å². The Morgan fingerprint density at radius 1 is 1.29 bits per heavy atom. The highest BCUT2D eigenvalue weighted by atomic mass is 15.4. The van der Waals surface area contributed by atoms with Crippen LogP contribution < -0.4 is 5.73 Å². The van der Waals surface area contributed by atoms with Crippen LogP contribution in [0.1, 0.15) is 49.4 Å². The van der Waals surface area contributed by atoms with E-state index in [1.807, 2.05) is 4.68 Å². The summed E-state index contributed by atoms with van der Waals surface area (Å²) < 4.78 is 1.95. The molecule has 2 aliphatic rings. The molecule has 3 rings (SSSR count). The number of aryl methyl sites for hydroxylation is 1. The van der Waals surface area contributed by atoms with Crippen LogP contribution in [0.2, 0.25) is 0 Å². The van der Waals surface area contributed by atoms with Gasteiger partial charge in [0.15, 0.2) is 5.82 Å². The number of likely N-dealkylation sites (tertiary alicyclic amines) is 1. The molecular formula is C12H21N5.